The third-order valence-electron chi connectivity index (χ3n) is 17.4. The fourth-order valence-corrected chi connectivity index (χ4v) is 13.4. The standard InChI is InChI=1S/C62H84F2O5/c1-7-8-9-10-11-14-40-68-57-34-30-51(59(63)60(57)64)46-26-23-45(24-27-46)25-33-56(65)47-20-17-21-49(41-47)67-39-15-12-13-22-58(66)69-50-35-37-61(5)48(42-50)28-29-52-54-32-31-53(44(4)19-16-18-43(2)3)62(54,6)38-36-55(52)61/h17,20-21,23-28,30,33-34,41,43-44,50,52-55H,7-16,18-19,22,29,31-32,35-40,42H2,1-6H3/b33-25+/t44-,50+,52+,53-,54+,55+,61+,62-/m1/s1. The summed E-state index contributed by atoms with van der Waals surface area (Å²) in [5, 5.41) is 0. The Bertz CT molecular complexity index is 2210. The zero-order valence-corrected chi connectivity index (χ0v) is 43.1. The van der Waals surface area contributed by atoms with E-state index in [2.05, 4.69) is 47.6 Å². The zero-order valence-electron chi connectivity index (χ0n) is 43.1. The second kappa shape index (κ2) is 24.7. The molecule has 3 aromatic carbocycles. The van der Waals surface area contributed by atoms with Crippen molar-refractivity contribution >= 4 is 17.8 Å². The van der Waals surface area contributed by atoms with Crippen LogP contribution in [-0.2, 0) is 9.53 Å². The molecule has 0 radical (unpaired) electrons. The van der Waals surface area contributed by atoms with Crippen LogP contribution in [0.1, 0.15) is 192 Å². The minimum atomic E-state index is -0.978. The first-order valence-electron chi connectivity index (χ1n) is 27.4. The maximum Gasteiger partial charge on any atom is 0.306 e. The maximum absolute atomic E-state index is 15.1. The van der Waals surface area contributed by atoms with Gasteiger partial charge in [0.25, 0.3) is 0 Å². The van der Waals surface area contributed by atoms with Crippen LogP contribution in [0.2, 0.25) is 0 Å². The number of hydrogen-bond donors (Lipinski definition) is 0. The van der Waals surface area contributed by atoms with E-state index >= 15 is 4.39 Å². The predicted octanol–water partition coefficient (Wildman–Crippen LogP) is 17.2. The summed E-state index contributed by atoms with van der Waals surface area (Å²) in [7, 11) is 0. The summed E-state index contributed by atoms with van der Waals surface area (Å²) >= 11 is 0. The lowest BCUT2D eigenvalue weighted by Gasteiger charge is -2.58. The summed E-state index contributed by atoms with van der Waals surface area (Å²) in [4.78, 5) is 26.2. The average molecular weight is 947 g/mol. The summed E-state index contributed by atoms with van der Waals surface area (Å²) < 4.78 is 47.7. The average Bonchev–Trinajstić information content (AvgIpc) is 3.70. The van der Waals surface area contributed by atoms with Crippen LogP contribution in [0, 0.1) is 58.0 Å². The summed E-state index contributed by atoms with van der Waals surface area (Å²) in [5.41, 5.74) is 4.26. The van der Waals surface area contributed by atoms with Crippen LogP contribution in [0.5, 0.6) is 11.5 Å². The summed E-state index contributed by atoms with van der Waals surface area (Å²) in [6.45, 7) is 15.5. The van der Waals surface area contributed by atoms with Crippen molar-refractivity contribution in [2.75, 3.05) is 13.2 Å². The second-order valence-corrected chi connectivity index (χ2v) is 22.5. The van der Waals surface area contributed by atoms with E-state index < -0.39 is 11.6 Å². The highest BCUT2D eigenvalue weighted by Crippen LogP contribution is 2.67. The van der Waals surface area contributed by atoms with Crippen LogP contribution < -0.4 is 9.47 Å². The number of ether oxygens (including phenoxy) is 3. The number of carbonyl (C=O) groups is 2. The Balaban J connectivity index is 0.794. The molecule has 4 aliphatic rings. The number of allylic oxidation sites excluding steroid dienone is 2. The van der Waals surface area contributed by atoms with Gasteiger partial charge in [0, 0.05) is 24.0 Å². The third-order valence-corrected chi connectivity index (χ3v) is 17.4. The molecule has 0 N–H and O–H groups in total. The minimum Gasteiger partial charge on any atom is -0.494 e. The molecule has 0 aromatic heterocycles. The van der Waals surface area contributed by atoms with Crippen molar-refractivity contribution in [3.8, 4) is 22.6 Å². The molecule has 7 heteroatoms. The van der Waals surface area contributed by atoms with Gasteiger partial charge in [-0.3, -0.25) is 9.59 Å². The summed E-state index contributed by atoms with van der Waals surface area (Å²) in [6.07, 6.45) is 29.1. The van der Waals surface area contributed by atoms with Crippen molar-refractivity contribution < 1.29 is 32.6 Å². The Morgan fingerprint density at radius 2 is 1.52 bits per heavy atom. The van der Waals surface area contributed by atoms with Crippen molar-refractivity contribution in [1.29, 1.82) is 0 Å². The molecule has 0 bridgehead atoms. The van der Waals surface area contributed by atoms with Crippen LogP contribution in [-0.4, -0.2) is 31.1 Å². The van der Waals surface area contributed by atoms with E-state index in [0.29, 0.717) is 41.9 Å². The lowest BCUT2D eigenvalue weighted by atomic mass is 9.47. The summed E-state index contributed by atoms with van der Waals surface area (Å²) in [5.74, 6) is 3.32. The molecule has 8 atom stereocenters. The molecule has 0 amide bonds. The molecule has 0 heterocycles. The van der Waals surface area contributed by atoms with Gasteiger partial charge in [-0.05, 0) is 158 Å². The lowest BCUT2D eigenvalue weighted by Crippen LogP contribution is -2.51. The quantitative estimate of drug-likeness (QED) is 0.0278. The number of rotatable bonds is 25. The van der Waals surface area contributed by atoms with Crippen molar-refractivity contribution in [3.05, 3.63) is 101 Å². The van der Waals surface area contributed by atoms with E-state index in [9.17, 15) is 14.0 Å². The van der Waals surface area contributed by atoms with E-state index in [1.165, 1.54) is 82.8 Å². The van der Waals surface area contributed by atoms with Crippen LogP contribution >= 0.6 is 0 Å². The third kappa shape index (κ3) is 13.2. The van der Waals surface area contributed by atoms with Gasteiger partial charge in [0.05, 0.1) is 13.2 Å². The largest absolute Gasteiger partial charge is 0.494 e. The number of halogens is 2. The van der Waals surface area contributed by atoms with Gasteiger partial charge < -0.3 is 14.2 Å². The SMILES string of the molecule is CCCCCCCCOc1ccc(-c2ccc(/C=C/C(=O)c3cccc(OCCCCCC(=O)O[C@H]4CC[C@@]5(C)C(=CC[C@H]6[C@@H]7CC[C@H]([C@H](C)CCCC(C)C)[C@@]7(C)CC[C@@H]65)C4)c3)cc2)c(F)c1F. The molecular weight excluding hydrogens is 863 g/mol. The van der Waals surface area contributed by atoms with Crippen molar-refractivity contribution in [1.82, 2.24) is 0 Å². The molecule has 5 nitrogen and oxygen atoms in total. The van der Waals surface area contributed by atoms with Crippen molar-refractivity contribution in [3.63, 3.8) is 0 Å². The monoisotopic (exact) mass is 947 g/mol. The van der Waals surface area contributed by atoms with Gasteiger partial charge in [-0.15, -0.1) is 0 Å². The lowest BCUT2D eigenvalue weighted by molar-refractivity contribution is -0.151. The molecule has 3 saturated carbocycles. The fourth-order valence-electron chi connectivity index (χ4n) is 13.4. The molecule has 7 rings (SSSR count). The first kappa shape index (κ1) is 52.6. The number of esters is 1. The van der Waals surface area contributed by atoms with E-state index in [1.54, 1.807) is 54.1 Å². The van der Waals surface area contributed by atoms with Gasteiger partial charge in [-0.2, -0.15) is 4.39 Å². The van der Waals surface area contributed by atoms with Crippen LogP contribution in [0.3, 0.4) is 0 Å². The molecule has 0 unspecified atom stereocenters. The Morgan fingerprint density at radius 1 is 0.768 bits per heavy atom. The molecule has 69 heavy (non-hydrogen) atoms. The first-order valence-corrected chi connectivity index (χ1v) is 27.4. The van der Waals surface area contributed by atoms with Crippen LogP contribution in [0.25, 0.3) is 17.2 Å². The van der Waals surface area contributed by atoms with Gasteiger partial charge in [0.1, 0.15) is 11.9 Å². The molecule has 0 spiro atoms. The highest BCUT2D eigenvalue weighted by atomic mass is 19.2. The smallest absolute Gasteiger partial charge is 0.306 e. The first-order chi connectivity index (χ1) is 33.3. The van der Waals surface area contributed by atoms with Gasteiger partial charge >= 0.3 is 5.97 Å². The zero-order chi connectivity index (χ0) is 49.0. The normalized spacial score (nSPS) is 25.7. The molecule has 0 saturated heterocycles. The fraction of sp³-hybridized carbons (Fsp3) is 0.613. The minimum absolute atomic E-state index is 0.00880. The van der Waals surface area contributed by atoms with E-state index in [4.69, 9.17) is 14.2 Å². The number of ketones is 1. The van der Waals surface area contributed by atoms with Gasteiger partial charge in [0.15, 0.2) is 17.3 Å². The molecule has 4 aliphatic carbocycles. The molecule has 3 aromatic rings. The maximum atomic E-state index is 15.1. The number of hydrogen-bond acceptors (Lipinski definition) is 5. The Morgan fingerprint density at radius 3 is 2.30 bits per heavy atom. The number of benzene rings is 3. The van der Waals surface area contributed by atoms with Crippen molar-refractivity contribution in [2.24, 2.45) is 46.3 Å². The van der Waals surface area contributed by atoms with Gasteiger partial charge in [-0.25, -0.2) is 4.39 Å². The molecule has 3 fully saturated rings. The molecule has 0 aliphatic heterocycles. The van der Waals surface area contributed by atoms with Gasteiger partial charge in [0.2, 0.25) is 5.82 Å². The van der Waals surface area contributed by atoms with E-state index in [1.807, 2.05) is 12.1 Å². The van der Waals surface area contributed by atoms with E-state index in [-0.39, 0.29) is 34.6 Å². The van der Waals surface area contributed by atoms with Gasteiger partial charge in [-0.1, -0.05) is 147 Å². The number of carbonyl (C=O) groups excluding carboxylic acids is 2. The molecular formula is C62H84F2O5. The van der Waals surface area contributed by atoms with Crippen molar-refractivity contribution in [2.45, 2.75) is 182 Å². The highest BCUT2D eigenvalue weighted by Gasteiger charge is 2.59. The Hall–Kier alpha value is -4.26. The summed E-state index contributed by atoms with van der Waals surface area (Å²) in [6, 6.07) is 17.2. The van der Waals surface area contributed by atoms with E-state index in [0.717, 1.165) is 98.9 Å². The van der Waals surface area contributed by atoms with Crippen LogP contribution in [0.15, 0.2) is 78.4 Å². The Kier molecular flexibility index (Phi) is 18.8. The number of fused-ring (bicyclic) bond motifs is 5. The van der Waals surface area contributed by atoms with Crippen LogP contribution in [0.4, 0.5) is 8.78 Å². The second-order valence-electron chi connectivity index (χ2n) is 22.5. The number of unbranched alkanes of at least 4 members (excludes halogenated alkanes) is 7. The highest BCUT2D eigenvalue weighted by molar-refractivity contribution is 6.07. The molecule has 376 valence electrons. The Labute approximate surface area is 414 Å². The predicted molar refractivity (Wildman–Crippen MR) is 277 cm³/mol. The topological polar surface area (TPSA) is 61.8 Å².